The first kappa shape index (κ1) is 14.8. The minimum atomic E-state index is -4.66. The molecule has 1 unspecified atom stereocenters. The van der Waals surface area contributed by atoms with E-state index in [1.165, 1.54) is 11.3 Å². The van der Waals surface area contributed by atoms with Crippen LogP contribution in [0.15, 0.2) is 6.07 Å². The Bertz CT molecular complexity index is 613. The van der Waals surface area contributed by atoms with E-state index < -0.39 is 18.8 Å². The van der Waals surface area contributed by atoms with Gasteiger partial charge < -0.3 is 15.7 Å². The van der Waals surface area contributed by atoms with Gasteiger partial charge in [0.15, 0.2) is 6.10 Å². The lowest BCUT2D eigenvalue weighted by Crippen LogP contribution is -2.35. The first-order valence-corrected chi connectivity index (χ1v) is 6.57. The molecule has 5 nitrogen and oxygen atoms in total. The SMILES string of the molecule is CNc1nc(NCC(O)C(F)(F)F)c2cc(C)sc2n1. The van der Waals surface area contributed by atoms with Gasteiger partial charge in [0.2, 0.25) is 5.95 Å². The van der Waals surface area contributed by atoms with Gasteiger partial charge in [0.1, 0.15) is 10.6 Å². The summed E-state index contributed by atoms with van der Waals surface area (Å²) >= 11 is 1.42. The molecule has 2 heterocycles. The Hall–Kier alpha value is -1.61. The molecule has 0 aliphatic rings. The van der Waals surface area contributed by atoms with Crippen LogP contribution in [-0.2, 0) is 0 Å². The predicted octanol–water partition coefficient (Wildman–Crippen LogP) is 2.38. The van der Waals surface area contributed by atoms with Crippen molar-refractivity contribution in [1.82, 2.24) is 9.97 Å². The Morgan fingerprint density at radius 1 is 1.40 bits per heavy atom. The predicted molar refractivity (Wildman–Crippen MR) is 72.3 cm³/mol. The largest absolute Gasteiger partial charge is 0.416 e. The highest BCUT2D eigenvalue weighted by molar-refractivity contribution is 7.18. The molecule has 110 valence electrons. The van der Waals surface area contributed by atoms with Crippen LogP contribution in [0.5, 0.6) is 0 Å². The van der Waals surface area contributed by atoms with Gasteiger partial charge >= 0.3 is 6.18 Å². The van der Waals surface area contributed by atoms with Crippen LogP contribution in [0.4, 0.5) is 24.9 Å². The summed E-state index contributed by atoms with van der Waals surface area (Å²) in [5.41, 5.74) is 0. The number of hydrogen-bond acceptors (Lipinski definition) is 6. The average Bonchev–Trinajstić information content (AvgIpc) is 2.74. The lowest BCUT2D eigenvalue weighted by Gasteiger charge is -2.16. The lowest BCUT2D eigenvalue weighted by molar-refractivity contribution is -0.198. The quantitative estimate of drug-likeness (QED) is 0.809. The van der Waals surface area contributed by atoms with E-state index in [0.29, 0.717) is 16.2 Å². The zero-order chi connectivity index (χ0) is 14.9. The zero-order valence-corrected chi connectivity index (χ0v) is 11.6. The smallest absolute Gasteiger partial charge is 0.382 e. The van der Waals surface area contributed by atoms with Crippen molar-refractivity contribution < 1.29 is 18.3 Å². The molecule has 1 atom stereocenters. The Balaban J connectivity index is 2.28. The summed E-state index contributed by atoms with van der Waals surface area (Å²) in [6.07, 6.45) is -7.10. The van der Waals surface area contributed by atoms with Gasteiger partial charge in [0, 0.05) is 11.9 Å². The molecular formula is C11H13F3N4OS. The van der Waals surface area contributed by atoms with Crippen LogP contribution in [0.3, 0.4) is 0 Å². The standard InChI is InChI=1S/C11H13F3N4OS/c1-5-3-6-8(16-4-7(19)11(12,13)14)17-10(15-2)18-9(6)20-5/h3,7,19H,4H2,1-2H3,(H2,15,16,17,18). The summed E-state index contributed by atoms with van der Waals surface area (Å²) in [7, 11) is 1.62. The average molecular weight is 306 g/mol. The number of thiophene rings is 1. The van der Waals surface area contributed by atoms with Gasteiger partial charge in [-0.05, 0) is 13.0 Å². The Morgan fingerprint density at radius 3 is 2.70 bits per heavy atom. The maximum Gasteiger partial charge on any atom is 0.416 e. The molecule has 0 bridgehead atoms. The van der Waals surface area contributed by atoms with E-state index >= 15 is 0 Å². The zero-order valence-electron chi connectivity index (χ0n) is 10.7. The normalized spacial score (nSPS) is 13.5. The maximum absolute atomic E-state index is 12.3. The van der Waals surface area contributed by atoms with Gasteiger partial charge in [0.25, 0.3) is 0 Å². The number of alkyl halides is 3. The van der Waals surface area contributed by atoms with E-state index in [0.717, 1.165) is 4.88 Å². The highest BCUT2D eigenvalue weighted by Crippen LogP contribution is 2.30. The van der Waals surface area contributed by atoms with Crippen molar-refractivity contribution in [3.8, 4) is 0 Å². The molecular weight excluding hydrogens is 293 g/mol. The molecule has 0 saturated heterocycles. The summed E-state index contributed by atoms with van der Waals surface area (Å²) in [5.74, 6) is 0.579. The number of aromatic nitrogens is 2. The van der Waals surface area contributed by atoms with E-state index in [2.05, 4.69) is 20.6 Å². The fourth-order valence-electron chi connectivity index (χ4n) is 1.60. The van der Waals surface area contributed by atoms with Crippen molar-refractivity contribution in [3.05, 3.63) is 10.9 Å². The van der Waals surface area contributed by atoms with Crippen LogP contribution in [0, 0.1) is 6.92 Å². The molecule has 20 heavy (non-hydrogen) atoms. The number of hydrogen-bond donors (Lipinski definition) is 3. The number of halogens is 3. The molecule has 2 aromatic rings. The number of anilines is 2. The molecule has 0 radical (unpaired) electrons. The van der Waals surface area contributed by atoms with Crippen molar-refractivity contribution in [1.29, 1.82) is 0 Å². The van der Waals surface area contributed by atoms with Crippen molar-refractivity contribution in [2.45, 2.75) is 19.2 Å². The topological polar surface area (TPSA) is 70.1 Å². The maximum atomic E-state index is 12.3. The van der Waals surface area contributed by atoms with Gasteiger partial charge in [-0.1, -0.05) is 0 Å². The van der Waals surface area contributed by atoms with Crippen LogP contribution in [0.25, 0.3) is 10.2 Å². The molecule has 0 aliphatic carbocycles. The number of fused-ring (bicyclic) bond motifs is 1. The fourth-order valence-corrected chi connectivity index (χ4v) is 2.48. The molecule has 0 aromatic carbocycles. The summed E-state index contributed by atoms with van der Waals surface area (Å²) in [4.78, 5) is 9.95. The molecule has 0 fully saturated rings. The third kappa shape index (κ3) is 3.10. The van der Waals surface area contributed by atoms with Gasteiger partial charge in [0.05, 0.1) is 11.9 Å². The number of nitrogens with zero attached hydrogens (tertiary/aromatic N) is 2. The van der Waals surface area contributed by atoms with Gasteiger partial charge in [-0.2, -0.15) is 18.2 Å². The minimum absolute atomic E-state index is 0.270. The summed E-state index contributed by atoms with van der Waals surface area (Å²) in [6.45, 7) is 1.22. The number of nitrogens with one attached hydrogen (secondary N) is 2. The number of aliphatic hydroxyl groups is 1. The van der Waals surface area contributed by atoms with Crippen molar-refractivity contribution >= 4 is 33.3 Å². The number of rotatable bonds is 4. The molecule has 2 aromatic heterocycles. The molecule has 2 rings (SSSR count). The second-order valence-corrected chi connectivity index (χ2v) is 5.39. The molecule has 3 N–H and O–H groups in total. The fraction of sp³-hybridized carbons (Fsp3) is 0.455. The Labute approximate surface area is 116 Å². The summed E-state index contributed by atoms with van der Waals surface area (Å²) in [5, 5.41) is 14.9. The van der Waals surface area contributed by atoms with Crippen LogP contribution >= 0.6 is 11.3 Å². The van der Waals surface area contributed by atoms with Crippen LogP contribution in [-0.4, -0.2) is 40.9 Å². The van der Waals surface area contributed by atoms with Gasteiger partial charge in [-0.3, -0.25) is 0 Å². The highest BCUT2D eigenvalue weighted by Gasteiger charge is 2.38. The van der Waals surface area contributed by atoms with Crippen LogP contribution in [0.1, 0.15) is 4.88 Å². The van der Waals surface area contributed by atoms with Crippen LogP contribution in [0.2, 0.25) is 0 Å². The molecule has 0 aliphatic heterocycles. The van der Waals surface area contributed by atoms with Gasteiger partial charge in [-0.25, -0.2) is 4.98 Å². The third-order valence-electron chi connectivity index (χ3n) is 2.58. The summed E-state index contributed by atoms with van der Waals surface area (Å²) < 4.78 is 36.8. The van der Waals surface area contributed by atoms with E-state index in [1.807, 2.05) is 6.92 Å². The monoisotopic (exact) mass is 306 g/mol. The van der Waals surface area contributed by atoms with Crippen molar-refractivity contribution in [3.63, 3.8) is 0 Å². The lowest BCUT2D eigenvalue weighted by atomic mass is 10.3. The molecule has 0 amide bonds. The second-order valence-electron chi connectivity index (χ2n) is 4.16. The number of aryl methyl sites for hydroxylation is 1. The summed E-state index contributed by atoms with van der Waals surface area (Å²) in [6, 6.07) is 1.79. The van der Waals surface area contributed by atoms with Crippen LogP contribution < -0.4 is 10.6 Å². The van der Waals surface area contributed by atoms with Crippen molar-refractivity contribution in [2.24, 2.45) is 0 Å². The van der Waals surface area contributed by atoms with E-state index in [9.17, 15) is 13.2 Å². The van der Waals surface area contributed by atoms with E-state index in [-0.39, 0.29) is 5.82 Å². The van der Waals surface area contributed by atoms with E-state index in [4.69, 9.17) is 5.11 Å². The first-order valence-electron chi connectivity index (χ1n) is 5.76. The Morgan fingerprint density at radius 2 is 2.10 bits per heavy atom. The molecule has 0 saturated carbocycles. The van der Waals surface area contributed by atoms with Crippen molar-refractivity contribution in [2.75, 3.05) is 24.2 Å². The molecule has 0 spiro atoms. The first-order chi connectivity index (χ1) is 9.31. The van der Waals surface area contributed by atoms with Gasteiger partial charge in [-0.15, -0.1) is 11.3 Å². The molecule has 9 heteroatoms. The van der Waals surface area contributed by atoms with E-state index in [1.54, 1.807) is 13.1 Å². The third-order valence-corrected chi connectivity index (χ3v) is 3.52. The highest BCUT2D eigenvalue weighted by atomic mass is 32.1. The minimum Gasteiger partial charge on any atom is -0.382 e. The number of aliphatic hydroxyl groups excluding tert-OH is 1. The Kier molecular flexibility index (Phi) is 4.00. The second kappa shape index (κ2) is 5.41.